The molecule has 1 aromatic rings. The highest BCUT2D eigenvalue weighted by Crippen LogP contribution is 2.23. The van der Waals surface area contributed by atoms with Gasteiger partial charge in [0.05, 0.1) is 17.2 Å². The molecule has 0 aromatic heterocycles. The van der Waals surface area contributed by atoms with Crippen molar-refractivity contribution in [2.24, 2.45) is 15.9 Å². The number of carbonyl (C=O) groups is 1. The van der Waals surface area contributed by atoms with Crippen molar-refractivity contribution in [3.63, 3.8) is 0 Å². The Morgan fingerprint density at radius 1 is 1.41 bits per heavy atom. The lowest BCUT2D eigenvalue weighted by Crippen LogP contribution is -2.36. The first-order chi connectivity index (χ1) is 10.4. The Morgan fingerprint density at radius 2 is 2.14 bits per heavy atom. The summed E-state index contributed by atoms with van der Waals surface area (Å²) in [7, 11) is 0. The molecular weight excluding hydrogens is 286 g/mol. The maximum atomic E-state index is 12.2. The Kier molecular flexibility index (Phi) is 4.65. The highest BCUT2D eigenvalue weighted by Gasteiger charge is 2.33. The topological polar surface area (TPSA) is 94.2 Å². The number of non-ortho nitro benzene ring substituents is 1. The van der Waals surface area contributed by atoms with E-state index in [-0.39, 0.29) is 18.5 Å². The van der Waals surface area contributed by atoms with Crippen LogP contribution in [0.25, 0.3) is 0 Å². The monoisotopic (exact) mass is 303 g/mol. The van der Waals surface area contributed by atoms with Crippen LogP contribution in [0.2, 0.25) is 0 Å². The zero-order valence-corrected chi connectivity index (χ0v) is 12.6. The smallest absolute Gasteiger partial charge is 0.320 e. The lowest BCUT2D eigenvalue weighted by Gasteiger charge is -2.23. The van der Waals surface area contributed by atoms with Crippen LogP contribution in [0.5, 0.6) is 0 Å². The molecule has 7 nitrogen and oxygen atoms in total. The van der Waals surface area contributed by atoms with Crippen LogP contribution in [-0.2, 0) is 9.53 Å². The van der Waals surface area contributed by atoms with Crippen LogP contribution < -0.4 is 0 Å². The first-order valence-corrected chi connectivity index (χ1v) is 6.97. The van der Waals surface area contributed by atoms with Gasteiger partial charge in [-0.15, -0.1) is 0 Å². The zero-order chi connectivity index (χ0) is 16.3. The molecule has 2 unspecified atom stereocenters. The van der Waals surface area contributed by atoms with E-state index in [9.17, 15) is 14.9 Å². The van der Waals surface area contributed by atoms with Gasteiger partial charge < -0.3 is 4.74 Å². The van der Waals surface area contributed by atoms with Crippen molar-refractivity contribution in [3.8, 4) is 0 Å². The number of carbonyl (C=O) groups excluding carboxylic acids is 1. The fourth-order valence-corrected chi connectivity index (χ4v) is 2.40. The molecule has 1 heterocycles. The lowest BCUT2D eigenvalue weighted by atomic mass is 9.91. The van der Waals surface area contributed by atoms with Gasteiger partial charge in [0.1, 0.15) is 12.1 Å². The summed E-state index contributed by atoms with van der Waals surface area (Å²) in [5.74, 6) is -1.17. The fraction of sp³-hybridized carbons (Fsp3) is 0.400. The van der Waals surface area contributed by atoms with Gasteiger partial charge in [-0.2, -0.15) is 0 Å². The van der Waals surface area contributed by atoms with E-state index in [0.717, 1.165) is 0 Å². The van der Waals surface area contributed by atoms with Crippen LogP contribution in [0, 0.1) is 16.0 Å². The average molecular weight is 303 g/mol. The number of aliphatic imine (C=N–C) groups is 2. The molecule has 1 aliphatic heterocycles. The Labute approximate surface area is 127 Å². The third-order valence-corrected chi connectivity index (χ3v) is 3.28. The van der Waals surface area contributed by atoms with Crippen LogP contribution in [0.3, 0.4) is 0 Å². The van der Waals surface area contributed by atoms with Crippen LogP contribution in [-0.4, -0.2) is 35.1 Å². The summed E-state index contributed by atoms with van der Waals surface area (Å²) in [5, 5.41) is 10.9. The number of nitro benzene ring substituents is 1. The summed E-state index contributed by atoms with van der Waals surface area (Å²) in [6.45, 7) is 5.51. The summed E-state index contributed by atoms with van der Waals surface area (Å²) < 4.78 is 5.08. The molecule has 0 aliphatic carbocycles. The van der Waals surface area contributed by atoms with Gasteiger partial charge in [0.25, 0.3) is 5.69 Å². The molecule has 0 radical (unpaired) electrons. The van der Waals surface area contributed by atoms with Gasteiger partial charge in [-0.3, -0.25) is 24.9 Å². The van der Waals surface area contributed by atoms with E-state index in [4.69, 9.17) is 4.74 Å². The van der Waals surface area contributed by atoms with E-state index in [0.29, 0.717) is 17.0 Å². The molecule has 0 saturated heterocycles. The molecule has 2 atom stereocenters. The predicted octanol–water partition coefficient (Wildman–Crippen LogP) is 2.38. The van der Waals surface area contributed by atoms with E-state index in [1.807, 2.05) is 0 Å². The van der Waals surface area contributed by atoms with Crippen LogP contribution in [0.15, 0.2) is 34.3 Å². The quantitative estimate of drug-likeness (QED) is 0.485. The first kappa shape index (κ1) is 15.8. The van der Waals surface area contributed by atoms with Crippen LogP contribution in [0.1, 0.15) is 26.3 Å². The number of rotatable bonds is 4. The normalized spacial score (nSPS) is 20.9. The van der Waals surface area contributed by atoms with Gasteiger partial charge in [-0.25, -0.2) is 0 Å². The van der Waals surface area contributed by atoms with Crippen LogP contribution in [0.4, 0.5) is 5.69 Å². The van der Waals surface area contributed by atoms with Crippen molar-refractivity contribution in [3.05, 3.63) is 39.9 Å². The minimum Gasteiger partial charge on any atom is -0.465 e. The molecule has 0 amide bonds. The summed E-state index contributed by atoms with van der Waals surface area (Å²) in [6, 6.07) is 6.08. The second-order valence-electron chi connectivity index (χ2n) is 4.91. The summed E-state index contributed by atoms with van der Waals surface area (Å²) in [5.41, 5.74) is 1.55. The predicted molar refractivity (Wildman–Crippen MR) is 82.3 cm³/mol. The molecule has 0 bridgehead atoms. The number of hydrogen-bond donors (Lipinski definition) is 0. The lowest BCUT2D eigenvalue weighted by molar-refractivity contribution is -0.384. The van der Waals surface area contributed by atoms with Crippen LogP contribution >= 0.6 is 0 Å². The fourth-order valence-electron chi connectivity index (χ4n) is 2.40. The second-order valence-corrected chi connectivity index (χ2v) is 4.91. The first-order valence-electron chi connectivity index (χ1n) is 6.97. The van der Waals surface area contributed by atoms with Gasteiger partial charge in [-0.1, -0.05) is 12.1 Å². The van der Waals surface area contributed by atoms with E-state index in [1.54, 1.807) is 32.9 Å². The standard InChI is InChI=1S/C15H17N3O4/c1-4-22-15(19)13-9(2)16-10(3)17-14(13)11-6-5-7-12(8-11)18(20)21/h5-8,10,13H,4H2,1-3H3. The third-order valence-electron chi connectivity index (χ3n) is 3.28. The Balaban J connectivity index is 2.47. The van der Waals surface area contributed by atoms with Gasteiger partial charge >= 0.3 is 5.97 Å². The molecule has 22 heavy (non-hydrogen) atoms. The molecule has 1 aliphatic rings. The van der Waals surface area contributed by atoms with E-state index < -0.39 is 16.8 Å². The Bertz CT molecular complexity index is 667. The van der Waals surface area contributed by atoms with E-state index >= 15 is 0 Å². The minimum absolute atomic E-state index is 0.0457. The molecule has 0 spiro atoms. The van der Waals surface area contributed by atoms with Gasteiger partial charge in [0.15, 0.2) is 0 Å². The summed E-state index contributed by atoms with van der Waals surface area (Å²) in [6.07, 6.45) is -0.333. The highest BCUT2D eigenvalue weighted by molar-refractivity contribution is 6.26. The number of benzene rings is 1. The van der Waals surface area contributed by atoms with Crippen molar-refractivity contribution in [2.45, 2.75) is 26.9 Å². The molecule has 0 N–H and O–H groups in total. The Hall–Kier alpha value is -2.57. The van der Waals surface area contributed by atoms with E-state index in [1.165, 1.54) is 12.1 Å². The SMILES string of the molecule is CCOC(=O)C1C(C)=NC(C)N=C1c1cccc([N+](=O)[O-])c1. The minimum atomic E-state index is -0.724. The molecule has 116 valence electrons. The number of nitro groups is 1. The van der Waals surface area contributed by atoms with Crippen molar-refractivity contribution in [1.82, 2.24) is 0 Å². The molecule has 0 saturated carbocycles. The maximum Gasteiger partial charge on any atom is 0.320 e. The third kappa shape index (κ3) is 3.19. The number of ether oxygens (including phenoxy) is 1. The number of esters is 1. The molecule has 2 rings (SSSR count). The van der Waals surface area contributed by atoms with E-state index in [2.05, 4.69) is 9.98 Å². The molecule has 0 fully saturated rings. The number of hydrogen-bond acceptors (Lipinski definition) is 6. The van der Waals surface area contributed by atoms with Gasteiger partial charge in [0, 0.05) is 23.4 Å². The summed E-state index contributed by atoms with van der Waals surface area (Å²) in [4.78, 5) is 31.3. The number of nitrogens with zero attached hydrogens (tertiary/aromatic N) is 3. The zero-order valence-electron chi connectivity index (χ0n) is 12.6. The van der Waals surface area contributed by atoms with Crippen molar-refractivity contribution in [2.75, 3.05) is 6.61 Å². The average Bonchev–Trinajstić information content (AvgIpc) is 2.46. The molecule has 7 heteroatoms. The molecular formula is C15H17N3O4. The van der Waals surface area contributed by atoms with Gasteiger partial charge in [0.2, 0.25) is 0 Å². The summed E-state index contributed by atoms with van der Waals surface area (Å²) >= 11 is 0. The van der Waals surface area contributed by atoms with Crippen molar-refractivity contribution < 1.29 is 14.5 Å². The Morgan fingerprint density at radius 3 is 2.77 bits per heavy atom. The van der Waals surface area contributed by atoms with Gasteiger partial charge in [-0.05, 0) is 20.8 Å². The largest absolute Gasteiger partial charge is 0.465 e. The maximum absolute atomic E-state index is 12.2. The highest BCUT2D eigenvalue weighted by atomic mass is 16.6. The van der Waals surface area contributed by atoms with Crippen molar-refractivity contribution >= 4 is 23.1 Å². The van der Waals surface area contributed by atoms with Crippen molar-refractivity contribution in [1.29, 1.82) is 0 Å². The molecule has 1 aromatic carbocycles. The second kappa shape index (κ2) is 6.46.